The smallest absolute Gasteiger partial charge is 0.200 e. The fourth-order valence-corrected chi connectivity index (χ4v) is 6.17. The number of nitrogens with zero attached hydrogens (tertiary/aromatic N) is 2. The second kappa shape index (κ2) is 8.16. The van der Waals surface area contributed by atoms with Crippen molar-refractivity contribution in [2.75, 3.05) is 0 Å². The van der Waals surface area contributed by atoms with Crippen LogP contribution in [0.4, 0.5) is 0 Å². The highest BCUT2D eigenvalue weighted by Crippen LogP contribution is 2.38. The molecule has 9 rings (SSSR count). The minimum absolute atomic E-state index is 0.0248. The van der Waals surface area contributed by atoms with Gasteiger partial charge in [-0.3, -0.25) is 9.78 Å². The molecular formula is C36H20N2O3. The van der Waals surface area contributed by atoms with Crippen LogP contribution in [0, 0.1) is 0 Å². The third-order valence-electron chi connectivity index (χ3n) is 8.08. The van der Waals surface area contributed by atoms with Gasteiger partial charge >= 0.3 is 0 Å². The minimum atomic E-state index is -0.0248. The monoisotopic (exact) mass is 528 g/mol. The molecule has 0 bridgehead atoms. The van der Waals surface area contributed by atoms with Crippen molar-refractivity contribution >= 4 is 65.7 Å². The van der Waals surface area contributed by atoms with Gasteiger partial charge in [0.05, 0.1) is 28.0 Å². The Labute approximate surface area is 232 Å². The first-order chi connectivity index (χ1) is 20.2. The number of fused-ring (bicyclic) bond motifs is 8. The highest BCUT2D eigenvalue weighted by molar-refractivity contribution is 6.17. The third kappa shape index (κ3) is 3.17. The molecule has 9 aromatic rings. The van der Waals surface area contributed by atoms with Gasteiger partial charge in [0.1, 0.15) is 22.3 Å². The number of benzene rings is 5. The van der Waals surface area contributed by atoms with Gasteiger partial charge in [0, 0.05) is 39.5 Å². The van der Waals surface area contributed by atoms with Crippen molar-refractivity contribution in [2.45, 2.75) is 0 Å². The van der Waals surface area contributed by atoms with Gasteiger partial charge in [0.15, 0.2) is 0 Å². The molecular weight excluding hydrogens is 508 g/mol. The number of furan rings is 1. The summed E-state index contributed by atoms with van der Waals surface area (Å²) in [7, 11) is 0. The van der Waals surface area contributed by atoms with E-state index in [9.17, 15) is 4.79 Å². The lowest BCUT2D eigenvalue weighted by Gasteiger charge is -2.11. The molecule has 0 aliphatic carbocycles. The number of rotatable bonds is 2. The molecule has 0 saturated carbocycles. The molecule has 192 valence electrons. The van der Waals surface area contributed by atoms with E-state index >= 15 is 0 Å². The lowest BCUT2D eigenvalue weighted by atomic mass is 10.0. The molecule has 0 amide bonds. The van der Waals surface area contributed by atoms with E-state index in [4.69, 9.17) is 8.83 Å². The molecule has 0 radical (unpaired) electrons. The molecule has 4 aromatic heterocycles. The van der Waals surface area contributed by atoms with Gasteiger partial charge < -0.3 is 13.4 Å². The van der Waals surface area contributed by atoms with Crippen LogP contribution in [0.2, 0.25) is 0 Å². The molecule has 5 heteroatoms. The van der Waals surface area contributed by atoms with Crippen molar-refractivity contribution in [3.8, 4) is 16.8 Å². The molecule has 0 N–H and O–H groups in total. The first kappa shape index (κ1) is 22.2. The topological polar surface area (TPSA) is 61.2 Å². The Morgan fingerprint density at radius 1 is 0.512 bits per heavy atom. The zero-order valence-electron chi connectivity index (χ0n) is 21.7. The van der Waals surface area contributed by atoms with Crippen LogP contribution in [0.3, 0.4) is 0 Å². The molecule has 0 fully saturated rings. The second-order valence-electron chi connectivity index (χ2n) is 10.4. The number of hydrogen-bond donors (Lipinski definition) is 0. The van der Waals surface area contributed by atoms with Gasteiger partial charge in [0.25, 0.3) is 0 Å². The summed E-state index contributed by atoms with van der Waals surface area (Å²) in [5.41, 5.74) is 7.88. The van der Waals surface area contributed by atoms with E-state index in [1.807, 2.05) is 79.1 Å². The lowest BCUT2D eigenvalue weighted by Crippen LogP contribution is -2.02. The van der Waals surface area contributed by atoms with E-state index < -0.39 is 0 Å². The Bertz CT molecular complexity index is 2570. The maximum atomic E-state index is 13.3. The first-order valence-electron chi connectivity index (χ1n) is 13.5. The van der Waals surface area contributed by atoms with Gasteiger partial charge in [0.2, 0.25) is 5.43 Å². The summed E-state index contributed by atoms with van der Waals surface area (Å²) in [5, 5.41) is 5.63. The second-order valence-corrected chi connectivity index (χ2v) is 10.4. The van der Waals surface area contributed by atoms with E-state index in [1.54, 1.807) is 0 Å². The third-order valence-corrected chi connectivity index (χ3v) is 8.08. The summed E-state index contributed by atoms with van der Waals surface area (Å²) in [5.74, 6) is 0. The molecule has 5 aromatic carbocycles. The van der Waals surface area contributed by atoms with Gasteiger partial charge in [-0.2, -0.15) is 0 Å². The summed E-state index contributed by atoms with van der Waals surface area (Å²) < 4.78 is 14.5. The van der Waals surface area contributed by atoms with Gasteiger partial charge in [-0.25, -0.2) is 0 Å². The lowest BCUT2D eigenvalue weighted by molar-refractivity contribution is 0.660. The quantitative estimate of drug-likeness (QED) is 0.210. The van der Waals surface area contributed by atoms with Crippen molar-refractivity contribution in [1.82, 2.24) is 9.55 Å². The zero-order valence-corrected chi connectivity index (χ0v) is 21.7. The van der Waals surface area contributed by atoms with Crippen LogP contribution in [-0.4, -0.2) is 9.55 Å². The molecule has 0 aliphatic rings. The predicted octanol–water partition coefficient (Wildman–Crippen LogP) is 9.00. The maximum absolute atomic E-state index is 13.3. The molecule has 0 unspecified atom stereocenters. The molecule has 5 nitrogen and oxygen atoms in total. The molecule has 0 saturated heterocycles. The minimum Gasteiger partial charge on any atom is -0.456 e. The number of aromatic nitrogens is 2. The maximum Gasteiger partial charge on any atom is 0.200 e. The Hall–Kier alpha value is -5.68. The van der Waals surface area contributed by atoms with Crippen molar-refractivity contribution in [1.29, 1.82) is 0 Å². The van der Waals surface area contributed by atoms with E-state index in [-0.39, 0.29) is 5.43 Å². The van der Waals surface area contributed by atoms with Crippen LogP contribution >= 0.6 is 0 Å². The summed E-state index contributed by atoms with van der Waals surface area (Å²) >= 11 is 0. The molecule has 0 aliphatic heterocycles. The molecule has 41 heavy (non-hydrogen) atoms. The zero-order chi connectivity index (χ0) is 27.1. The van der Waals surface area contributed by atoms with E-state index in [2.05, 4.69) is 52.0 Å². The Morgan fingerprint density at radius 2 is 1.27 bits per heavy atom. The van der Waals surface area contributed by atoms with Crippen LogP contribution in [0.15, 0.2) is 135 Å². The number of pyridine rings is 1. The average molecular weight is 529 g/mol. The van der Waals surface area contributed by atoms with Crippen LogP contribution in [-0.2, 0) is 0 Å². The summed E-state index contributed by atoms with van der Waals surface area (Å²) in [6.45, 7) is 0. The molecule has 0 spiro atoms. The SMILES string of the molecule is O=c1c2ccccc2oc2ccc(-c3cccc(-n4c5cnccc5c5cc6c(cc54)oc4ccccc46)c3)cc12. The average Bonchev–Trinajstić information content (AvgIpc) is 3.55. The van der Waals surface area contributed by atoms with E-state index in [0.29, 0.717) is 21.9 Å². The van der Waals surface area contributed by atoms with E-state index in [0.717, 1.165) is 60.6 Å². The standard InChI is InChI=1S/C36H20N2O3/c39-36-26-9-2-4-11-33(26)40-34-13-12-22(17-29(34)36)21-6-5-7-23(16-21)38-30-19-35-28(25-8-1-3-10-32(25)41-35)18-27(30)24-14-15-37-20-31(24)38/h1-20H. The van der Waals surface area contributed by atoms with Gasteiger partial charge in [-0.1, -0.05) is 48.5 Å². The van der Waals surface area contributed by atoms with Crippen LogP contribution < -0.4 is 5.43 Å². The summed E-state index contributed by atoms with van der Waals surface area (Å²) in [4.78, 5) is 17.8. The highest BCUT2D eigenvalue weighted by atomic mass is 16.3. The molecule has 4 heterocycles. The van der Waals surface area contributed by atoms with Crippen LogP contribution in [0.5, 0.6) is 0 Å². The summed E-state index contributed by atoms with van der Waals surface area (Å²) in [6, 6.07) is 36.1. The first-order valence-corrected chi connectivity index (χ1v) is 13.5. The van der Waals surface area contributed by atoms with Crippen LogP contribution in [0.1, 0.15) is 0 Å². The Kier molecular flexibility index (Phi) is 4.41. The fraction of sp³-hybridized carbons (Fsp3) is 0. The number of para-hydroxylation sites is 2. The fourth-order valence-electron chi connectivity index (χ4n) is 6.17. The van der Waals surface area contributed by atoms with Crippen LogP contribution in [0.25, 0.3) is 82.5 Å². The van der Waals surface area contributed by atoms with Crippen molar-refractivity contribution in [3.05, 3.63) is 132 Å². The number of hydrogen-bond acceptors (Lipinski definition) is 4. The van der Waals surface area contributed by atoms with Crippen molar-refractivity contribution in [3.63, 3.8) is 0 Å². The summed E-state index contributed by atoms with van der Waals surface area (Å²) in [6.07, 6.45) is 3.75. The normalized spacial score (nSPS) is 12.0. The molecule has 0 atom stereocenters. The predicted molar refractivity (Wildman–Crippen MR) is 165 cm³/mol. The van der Waals surface area contributed by atoms with Gasteiger partial charge in [-0.15, -0.1) is 0 Å². The highest BCUT2D eigenvalue weighted by Gasteiger charge is 2.17. The Balaban J connectivity index is 1.28. The van der Waals surface area contributed by atoms with Crippen molar-refractivity contribution in [2.24, 2.45) is 0 Å². The largest absolute Gasteiger partial charge is 0.456 e. The Morgan fingerprint density at radius 3 is 2.17 bits per heavy atom. The van der Waals surface area contributed by atoms with Crippen molar-refractivity contribution < 1.29 is 8.83 Å². The van der Waals surface area contributed by atoms with Gasteiger partial charge in [-0.05, 0) is 65.7 Å². The van der Waals surface area contributed by atoms with E-state index in [1.165, 1.54) is 0 Å².